The van der Waals surface area contributed by atoms with Crippen LogP contribution in [0.2, 0.25) is 0 Å². The highest BCUT2D eigenvalue weighted by Crippen LogP contribution is 2.36. The lowest BCUT2D eigenvalue weighted by Crippen LogP contribution is -2.31. The Morgan fingerprint density at radius 2 is 2.06 bits per heavy atom. The Morgan fingerprint density at radius 3 is 2.83 bits per heavy atom. The van der Waals surface area contributed by atoms with E-state index in [1.165, 1.54) is 18.4 Å². The molecule has 0 bridgehead atoms. The van der Waals surface area contributed by atoms with Gasteiger partial charge in [-0.15, -0.1) is 0 Å². The number of nitrogens with two attached hydrogens (primary N) is 1. The second-order valence-electron chi connectivity index (χ2n) is 4.93. The van der Waals surface area contributed by atoms with Crippen LogP contribution < -0.4 is 15.2 Å². The highest BCUT2D eigenvalue weighted by molar-refractivity contribution is 5.47. The Labute approximate surface area is 108 Å². The second kappa shape index (κ2) is 5.16. The predicted octanol–water partition coefficient (Wildman–Crippen LogP) is 1.38. The number of benzene rings is 1. The summed E-state index contributed by atoms with van der Waals surface area (Å²) in [6.07, 6.45) is 2.60. The van der Waals surface area contributed by atoms with Gasteiger partial charge in [-0.3, -0.25) is 4.90 Å². The maximum atomic E-state index is 5.75. The molecule has 4 nitrogen and oxygen atoms in total. The zero-order chi connectivity index (χ0) is 12.4. The first kappa shape index (κ1) is 11.8. The first-order chi connectivity index (χ1) is 8.88. The fourth-order valence-corrected chi connectivity index (χ4v) is 2.47. The predicted molar refractivity (Wildman–Crippen MR) is 69.9 cm³/mol. The smallest absolute Gasteiger partial charge is 0.165 e. The van der Waals surface area contributed by atoms with E-state index in [0.717, 1.165) is 24.6 Å². The molecule has 0 spiro atoms. The third kappa shape index (κ3) is 2.44. The molecule has 1 saturated carbocycles. The van der Waals surface area contributed by atoms with Crippen molar-refractivity contribution in [1.29, 1.82) is 0 Å². The largest absolute Gasteiger partial charge is 0.486 e. The van der Waals surface area contributed by atoms with E-state index in [9.17, 15) is 0 Å². The van der Waals surface area contributed by atoms with Crippen molar-refractivity contribution in [2.24, 2.45) is 5.73 Å². The van der Waals surface area contributed by atoms with Crippen LogP contribution in [0.25, 0.3) is 0 Å². The van der Waals surface area contributed by atoms with Crippen molar-refractivity contribution < 1.29 is 9.47 Å². The molecule has 2 aliphatic rings. The summed E-state index contributed by atoms with van der Waals surface area (Å²) in [6, 6.07) is 6.85. The number of fused-ring (bicyclic) bond motifs is 1. The van der Waals surface area contributed by atoms with E-state index in [2.05, 4.69) is 11.0 Å². The van der Waals surface area contributed by atoms with Crippen molar-refractivity contribution in [3.8, 4) is 11.5 Å². The zero-order valence-electron chi connectivity index (χ0n) is 10.6. The lowest BCUT2D eigenvalue weighted by atomic mass is 10.1. The van der Waals surface area contributed by atoms with Crippen LogP contribution in [0.3, 0.4) is 0 Å². The third-order valence-electron chi connectivity index (χ3n) is 3.50. The van der Waals surface area contributed by atoms with Crippen LogP contribution >= 0.6 is 0 Å². The van der Waals surface area contributed by atoms with E-state index >= 15 is 0 Å². The molecule has 1 heterocycles. The van der Waals surface area contributed by atoms with E-state index in [0.29, 0.717) is 25.8 Å². The van der Waals surface area contributed by atoms with Crippen molar-refractivity contribution >= 4 is 0 Å². The van der Waals surface area contributed by atoms with Crippen LogP contribution in [0.15, 0.2) is 18.2 Å². The van der Waals surface area contributed by atoms with Gasteiger partial charge in [-0.2, -0.15) is 0 Å². The average Bonchev–Trinajstić information content (AvgIpc) is 3.23. The normalized spacial score (nSPS) is 18.1. The van der Waals surface area contributed by atoms with Crippen LogP contribution in [0.1, 0.15) is 18.4 Å². The first-order valence-electron chi connectivity index (χ1n) is 6.70. The second-order valence-corrected chi connectivity index (χ2v) is 4.93. The summed E-state index contributed by atoms with van der Waals surface area (Å²) >= 11 is 0. The minimum atomic E-state index is 0.643. The van der Waals surface area contributed by atoms with Gasteiger partial charge in [0.05, 0.1) is 0 Å². The summed E-state index contributed by atoms with van der Waals surface area (Å²) in [7, 11) is 0. The molecule has 98 valence electrons. The van der Waals surface area contributed by atoms with Crippen molar-refractivity contribution in [2.45, 2.75) is 25.4 Å². The van der Waals surface area contributed by atoms with E-state index in [1.807, 2.05) is 12.1 Å². The van der Waals surface area contributed by atoms with Crippen molar-refractivity contribution in [3.63, 3.8) is 0 Å². The lowest BCUT2D eigenvalue weighted by Gasteiger charge is -2.25. The molecule has 0 amide bonds. The number of nitrogens with zero attached hydrogens (tertiary/aromatic N) is 1. The van der Waals surface area contributed by atoms with E-state index < -0.39 is 0 Å². The molecule has 0 aromatic heterocycles. The van der Waals surface area contributed by atoms with E-state index in [1.54, 1.807) is 0 Å². The van der Waals surface area contributed by atoms with Gasteiger partial charge in [-0.05, 0) is 18.9 Å². The van der Waals surface area contributed by atoms with Crippen LogP contribution in [0.5, 0.6) is 11.5 Å². The molecule has 1 aromatic rings. The molecule has 4 heteroatoms. The molecule has 0 saturated heterocycles. The van der Waals surface area contributed by atoms with Gasteiger partial charge in [0, 0.05) is 31.2 Å². The highest BCUT2D eigenvalue weighted by Gasteiger charge is 2.29. The molecular formula is C14H20N2O2. The van der Waals surface area contributed by atoms with E-state index in [-0.39, 0.29) is 0 Å². The maximum Gasteiger partial charge on any atom is 0.165 e. The van der Waals surface area contributed by atoms with Gasteiger partial charge in [-0.25, -0.2) is 0 Å². The fraction of sp³-hybridized carbons (Fsp3) is 0.571. The minimum absolute atomic E-state index is 0.643. The van der Waals surface area contributed by atoms with Gasteiger partial charge in [0.15, 0.2) is 11.5 Å². The van der Waals surface area contributed by atoms with Gasteiger partial charge >= 0.3 is 0 Å². The average molecular weight is 248 g/mol. The lowest BCUT2D eigenvalue weighted by molar-refractivity contribution is 0.166. The van der Waals surface area contributed by atoms with Crippen LogP contribution in [-0.2, 0) is 6.54 Å². The number of para-hydroxylation sites is 1. The minimum Gasteiger partial charge on any atom is -0.486 e. The fourth-order valence-electron chi connectivity index (χ4n) is 2.47. The monoisotopic (exact) mass is 248 g/mol. The molecule has 2 N–H and O–H groups in total. The Bertz CT molecular complexity index is 418. The molecule has 1 aliphatic heterocycles. The maximum absolute atomic E-state index is 5.75. The summed E-state index contributed by atoms with van der Waals surface area (Å²) in [5.74, 6) is 1.80. The molecule has 0 unspecified atom stereocenters. The van der Waals surface area contributed by atoms with Crippen LogP contribution in [0.4, 0.5) is 0 Å². The Hall–Kier alpha value is -1.26. The van der Waals surface area contributed by atoms with Crippen molar-refractivity contribution in [3.05, 3.63) is 23.8 Å². The number of ether oxygens (including phenoxy) is 2. The Balaban J connectivity index is 1.78. The molecule has 0 radical (unpaired) electrons. The van der Waals surface area contributed by atoms with Gasteiger partial charge in [-0.1, -0.05) is 12.1 Å². The number of hydrogen-bond donors (Lipinski definition) is 1. The molecule has 18 heavy (non-hydrogen) atoms. The first-order valence-corrected chi connectivity index (χ1v) is 6.70. The molecule has 1 aromatic carbocycles. The van der Waals surface area contributed by atoms with Crippen molar-refractivity contribution in [1.82, 2.24) is 4.90 Å². The Morgan fingerprint density at radius 1 is 1.22 bits per heavy atom. The standard InChI is InChI=1S/C14H20N2O2/c15-6-7-16(12-4-5-12)10-11-2-1-3-13-14(11)18-9-8-17-13/h1-3,12H,4-10,15H2. The Kier molecular flexibility index (Phi) is 3.39. The summed E-state index contributed by atoms with van der Waals surface area (Å²) < 4.78 is 11.4. The quantitative estimate of drug-likeness (QED) is 0.855. The number of rotatable bonds is 5. The van der Waals surface area contributed by atoms with Crippen LogP contribution in [-0.4, -0.2) is 37.2 Å². The molecule has 1 aliphatic carbocycles. The topological polar surface area (TPSA) is 47.7 Å². The van der Waals surface area contributed by atoms with Gasteiger partial charge in [0.1, 0.15) is 13.2 Å². The van der Waals surface area contributed by atoms with Crippen molar-refractivity contribution in [2.75, 3.05) is 26.3 Å². The molecular weight excluding hydrogens is 228 g/mol. The third-order valence-corrected chi connectivity index (χ3v) is 3.50. The zero-order valence-corrected chi connectivity index (χ0v) is 10.6. The summed E-state index contributed by atoms with van der Waals surface area (Å²) in [6.45, 7) is 3.86. The molecule has 3 rings (SSSR count). The molecule has 0 atom stereocenters. The number of hydrogen-bond acceptors (Lipinski definition) is 4. The molecule has 1 fully saturated rings. The van der Waals surface area contributed by atoms with E-state index in [4.69, 9.17) is 15.2 Å². The highest BCUT2D eigenvalue weighted by atomic mass is 16.6. The van der Waals surface area contributed by atoms with Crippen LogP contribution in [0, 0.1) is 0 Å². The van der Waals surface area contributed by atoms with Gasteiger partial charge in [0.25, 0.3) is 0 Å². The van der Waals surface area contributed by atoms with Gasteiger partial charge in [0.2, 0.25) is 0 Å². The summed E-state index contributed by atoms with van der Waals surface area (Å²) in [5.41, 5.74) is 6.90. The summed E-state index contributed by atoms with van der Waals surface area (Å²) in [5, 5.41) is 0. The summed E-state index contributed by atoms with van der Waals surface area (Å²) in [4.78, 5) is 2.45. The SMILES string of the molecule is NCCN(Cc1cccc2c1OCCO2)C1CC1. The van der Waals surface area contributed by atoms with Gasteiger partial charge < -0.3 is 15.2 Å².